The van der Waals surface area contributed by atoms with Crippen LogP contribution >= 0.6 is 0 Å². The number of hydrogen-bond acceptors (Lipinski definition) is 4. The third kappa shape index (κ3) is 3.54. The summed E-state index contributed by atoms with van der Waals surface area (Å²) in [5, 5.41) is 3.01. The molecule has 3 aliphatic carbocycles. The van der Waals surface area contributed by atoms with Gasteiger partial charge in [-0.05, 0) is 40.7 Å². The van der Waals surface area contributed by atoms with Crippen LogP contribution in [-0.4, -0.2) is 47.9 Å². The Morgan fingerprint density at radius 2 is 1.34 bits per heavy atom. The zero-order valence-electron chi connectivity index (χ0n) is 21.1. The number of nitrogens with one attached hydrogen (secondary N) is 1. The Kier molecular flexibility index (Phi) is 5.66. The van der Waals surface area contributed by atoms with Crippen molar-refractivity contribution in [2.45, 2.75) is 43.2 Å². The molecule has 0 saturated carbocycles. The molecule has 2 heterocycles. The molecule has 38 heavy (non-hydrogen) atoms. The minimum absolute atomic E-state index is 0.0243. The van der Waals surface area contributed by atoms with Crippen LogP contribution in [0.15, 0.2) is 78.9 Å². The van der Waals surface area contributed by atoms with Crippen molar-refractivity contribution in [3.05, 3.63) is 107 Å². The smallest absolute Gasteiger partial charge is 0.243 e. The monoisotopic (exact) mass is 506 g/mol. The van der Waals surface area contributed by atoms with Crippen LogP contribution in [0.3, 0.4) is 0 Å². The Balaban J connectivity index is 1.27. The molecule has 6 heteroatoms. The highest BCUT2D eigenvalue weighted by atomic mass is 16.5. The first-order valence-corrected chi connectivity index (χ1v) is 13.6. The van der Waals surface area contributed by atoms with E-state index in [2.05, 4.69) is 29.6 Å². The van der Waals surface area contributed by atoms with E-state index in [1.165, 1.54) is 4.90 Å². The summed E-state index contributed by atoms with van der Waals surface area (Å²) in [5.74, 6) is -2.13. The molecule has 3 amide bonds. The third-order valence-corrected chi connectivity index (χ3v) is 8.90. The van der Waals surface area contributed by atoms with Crippen LogP contribution in [0.5, 0.6) is 0 Å². The van der Waals surface area contributed by atoms with Gasteiger partial charge in [0.25, 0.3) is 0 Å². The lowest BCUT2D eigenvalue weighted by molar-refractivity contribution is -0.148. The first-order chi connectivity index (χ1) is 18.6. The number of carbonyl (C=O) groups is 3. The molecular formula is C32H30N2O4. The molecule has 192 valence electrons. The van der Waals surface area contributed by atoms with Crippen molar-refractivity contribution in [2.24, 2.45) is 11.8 Å². The molecule has 3 aromatic carbocycles. The summed E-state index contributed by atoms with van der Waals surface area (Å²) in [6, 6.07) is 25.1. The summed E-state index contributed by atoms with van der Waals surface area (Å²) in [7, 11) is 0. The van der Waals surface area contributed by atoms with Crippen molar-refractivity contribution in [3.8, 4) is 0 Å². The Hall–Kier alpha value is -3.77. The molecule has 6 nitrogen and oxygen atoms in total. The molecule has 4 atom stereocenters. The third-order valence-electron chi connectivity index (χ3n) is 8.90. The maximum atomic E-state index is 14.3. The second kappa shape index (κ2) is 9.21. The summed E-state index contributed by atoms with van der Waals surface area (Å²) in [5.41, 5.74) is 5.42. The first kappa shape index (κ1) is 23.4. The molecule has 2 saturated heterocycles. The second-order valence-electron chi connectivity index (χ2n) is 10.9. The Labute approximate surface area is 222 Å². The van der Waals surface area contributed by atoms with Crippen LogP contribution in [-0.2, 0) is 25.5 Å². The quantitative estimate of drug-likeness (QED) is 0.517. The zero-order chi connectivity index (χ0) is 25.8. The van der Waals surface area contributed by atoms with Crippen LogP contribution in [0.2, 0.25) is 0 Å². The molecule has 2 fully saturated rings. The fraction of sp³-hybridized carbons (Fsp3) is 0.344. The van der Waals surface area contributed by atoms with Gasteiger partial charge in [0.2, 0.25) is 17.7 Å². The molecule has 5 aliphatic rings. The van der Waals surface area contributed by atoms with Gasteiger partial charge in [-0.25, -0.2) is 0 Å². The van der Waals surface area contributed by atoms with E-state index in [1.807, 2.05) is 54.6 Å². The van der Waals surface area contributed by atoms with Crippen molar-refractivity contribution in [3.63, 3.8) is 0 Å². The summed E-state index contributed by atoms with van der Waals surface area (Å²) in [6.45, 7) is 1.08. The van der Waals surface area contributed by atoms with Gasteiger partial charge in [0.05, 0.1) is 17.9 Å². The van der Waals surface area contributed by atoms with E-state index in [9.17, 15) is 14.4 Å². The molecule has 0 unspecified atom stereocenters. The lowest BCUT2D eigenvalue weighted by atomic mass is 9.55. The number of likely N-dealkylation sites (tertiary alicyclic amines) is 1. The van der Waals surface area contributed by atoms with Gasteiger partial charge in [-0.1, -0.05) is 78.9 Å². The molecule has 3 aromatic rings. The van der Waals surface area contributed by atoms with E-state index in [0.717, 1.165) is 40.7 Å². The van der Waals surface area contributed by atoms with E-state index in [0.29, 0.717) is 13.2 Å². The number of rotatable bonds is 6. The number of hydrogen-bond donors (Lipinski definition) is 1. The summed E-state index contributed by atoms with van der Waals surface area (Å²) < 4.78 is 5.69. The number of ether oxygens (including phenoxy) is 1. The lowest BCUT2D eigenvalue weighted by Gasteiger charge is -2.45. The maximum absolute atomic E-state index is 14.3. The molecule has 0 aromatic heterocycles. The van der Waals surface area contributed by atoms with E-state index >= 15 is 0 Å². The Bertz CT molecular complexity index is 1300. The predicted octanol–water partition coefficient (Wildman–Crippen LogP) is 3.79. The molecular weight excluding hydrogens is 476 g/mol. The number of benzene rings is 3. The average molecular weight is 507 g/mol. The highest BCUT2D eigenvalue weighted by molar-refractivity contribution is 6.10. The van der Waals surface area contributed by atoms with Crippen molar-refractivity contribution >= 4 is 17.7 Å². The van der Waals surface area contributed by atoms with E-state index in [1.54, 1.807) is 0 Å². The largest absolute Gasteiger partial charge is 0.376 e. The summed E-state index contributed by atoms with van der Waals surface area (Å²) >= 11 is 0. The Morgan fingerprint density at radius 3 is 1.84 bits per heavy atom. The van der Waals surface area contributed by atoms with Gasteiger partial charge in [0, 0.05) is 31.4 Å². The molecule has 0 radical (unpaired) electrons. The highest BCUT2D eigenvalue weighted by Crippen LogP contribution is 2.61. The van der Waals surface area contributed by atoms with Crippen LogP contribution in [0, 0.1) is 11.8 Å². The van der Waals surface area contributed by atoms with Gasteiger partial charge < -0.3 is 10.1 Å². The number of amides is 3. The summed E-state index contributed by atoms with van der Waals surface area (Å²) in [4.78, 5) is 43.5. The second-order valence-corrected chi connectivity index (χ2v) is 10.9. The number of carbonyl (C=O) groups excluding carboxylic acids is 3. The normalized spacial score (nSPS) is 27.6. The van der Waals surface area contributed by atoms with Crippen LogP contribution < -0.4 is 5.32 Å². The van der Waals surface area contributed by atoms with Crippen LogP contribution in [0.1, 0.15) is 52.5 Å². The lowest BCUT2D eigenvalue weighted by Crippen LogP contribution is -2.52. The molecule has 2 aliphatic heterocycles. The fourth-order valence-electron chi connectivity index (χ4n) is 7.28. The van der Waals surface area contributed by atoms with Crippen molar-refractivity contribution in [1.29, 1.82) is 0 Å². The maximum Gasteiger partial charge on any atom is 0.243 e. The zero-order valence-corrected chi connectivity index (χ0v) is 21.1. The minimum Gasteiger partial charge on any atom is -0.376 e. The van der Waals surface area contributed by atoms with Crippen molar-refractivity contribution < 1.29 is 19.1 Å². The topological polar surface area (TPSA) is 75.7 Å². The van der Waals surface area contributed by atoms with Gasteiger partial charge in [-0.15, -0.1) is 0 Å². The summed E-state index contributed by atoms with van der Waals surface area (Å²) in [6.07, 6.45) is 2.13. The van der Waals surface area contributed by atoms with Gasteiger partial charge in [-0.3, -0.25) is 19.3 Å². The SMILES string of the molecule is O=C(NC[C@@H]1CCCO1)[C@@H](Cc1ccccc1)N1C(=O)[C@@H]2C3c4ccccc4C(c4ccccc43)[C@@H]2C1=O. The highest BCUT2D eigenvalue weighted by Gasteiger charge is 2.63. The van der Waals surface area contributed by atoms with Crippen molar-refractivity contribution in [2.75, 3.05) is 13.2 Å². The predicted molar refractivity (Wildman–Crippen MR) is 141 cm³/mol. The standard InChI is InChI=1S/C32H30N2O4/c35-30(33-18-20-11-8-16-38-20)25(17-19-9-2-1-3-10-19)34-31(36)28-26-21-12-4-5-13-22(21)27(29(28)32(34)37)24-15-7-6-14-23(24)26/h1-7,9-10,12-15,20,25-29H,8,11,16-18H2,(H,33,35)/t20-,25+,26?,27?,28-,29+/m0/s1. The fourth-order valence-corrected chi connectivity index (χ4v) is 7.28. The van der Waals surface area contributed by atoms with Gasteiger partial charge >= 0.3 is 0 Å². The average Bonchev–Trinajstić information content (AvgIpc) is 3.57. The van der Waals surface area contributed by atoms with Crippen molar-refractivity contribution in [1.82, 2.24) is 10.2 Å². The van der Waals surface area contributed by atoms with Gasteiger partial charge in [-0.2, -0.15) is 0 Å². The molecule has 2 bridgehead atoms. The van der Waals surface area contributed by atoms with Gasteiger partial charge in [0.15, 0.2) is 0 Å². The Morgan fingerprint density at radius 1 is 0.816 bits per heavy atom. The molecule has 1 N–H and O–H groups in total. The molecule has 0 spiro atoms. The van der Waals surface area contributed by atoms with Crippen LogP contribution in [0.4, 0.5) is 0 Å². The molecule has 8 rings (SSSR count). The first-order valence-electron chi connectivity index (χ1n) is 13.6. The number of imide groups is 1. The van der Waals surface area contributed by atoms with E-state index in [4.69, 9.17) is 4.74 Å². The number of nitrogens with zero attached hydrogens (tertiary/aromatic N) is 1. The van der Waals surface area contributed by atoms with Gasteiger partial charge in [0.1, 0.15) is 6.04 Å². The van der Waals surface area contributed by atoms with Crippen LogP contribution in [0.25, 0.3) is 0 Å². The minimum atomic E-state index is -0.907. The van der Waals surface area contributed by atoms with E-state index in [-0.39, 0.29) is 42.1 Å². The van der Waals surface area contributed by atoms with E-state index < -0.39 is 17.9 Å².